The topological polar surface area (TPSA) is 188 Å². The smallest absolute Gasteiger partial charge is 0.339 e. The second kappa shape index (κ2) is 6.83. The summed E-state index contributed by atoms with van der Waals surface area (Å²) < 4.78 is 26.5. The molecule has 164 valence electrons. The van der Waals surface area contributed by atoms with Gasteiger partial charge in [0.05, 0.1) is 19.6 Å². The van der Waals surface area contributed by atoms with E-state index >= 15 is 0 Å². The van der Waals surface area contributed by atoms with Crippen molar-refractivity contribution in [3.05, 3.63) is 11.8 Å². The summed E-state index contributed by atoms with van der Waals surface area (Å²) in [5.74, 6) is -2.03. The van der Waals surface area contributed by atoms with E-state index in [0.29, 0.717) is 0 Å². The summed E-state index contributed by atoms with van der Waals surface area (Å²) in [4.78, 5) is 12.1. The average Bonchev–Trinajstić information content (AvgIpc) is 3.34. The van der Waals surface area contributed by atoms with Crippen LogP contribution in [-0.4, -0.2) is 111 Å². The monoisotopic (exact) mass is 420 g/mol. The molecule has 0 radical (unpaired) electrons. The summed E-state index contributed by atoms with van der Waals surface area (Å²) in [5, 5.41) is 61.2. The van der Waals surface area contributed by atoms with Crippen molar-refractivity contribution in [2.24, 2.45) is 5.92 Å². The Morgan fingerprint density at radius 1 is 1.17 bits per heavy atom. The fraction of sp³-hybridized carbons (Fsp3) is 0.824. The van der Waals surface area contributed by atoms with E-state index in [-0.39, 0.29) is 5.57 Å². The molecule has 29 heavy (non-hydrogen) atoms. The molecule has 3 heterocycles. The first-order valence-electron chi connectivity index (χ1n) is 9.09. The average molecular weight is 420 g/mol. The molecule has 0 bridgehead atoms. The Morgan fingerprint density at radius 2 is 1.86 bits per heavy atom. The molecule has 12 heteroatoms. The number of hydrogen-bond donors (Lipinski definition) is 6. The van der Waals surface area contributed by atoms with Gasteiger partial charge in [0.15, 0.2) is 6.29 Å². The maximum atomic E-state index is 12.1. The summed E-state index contributed by atoms with van der Waals surface area (Å²) >= 11 is 0. The molecule has 0 aromatic carbocycles. The maximum absolute atomic E-state index is 12.1. The number of esters is 1. The van der Waals surface area contributed by atoms with Crippen molar-refractivity contribution >= 4 is 5.97 Å². The largest absolute Gasteiger partial charge is 0.471 e. The summed E-state index contributed by atoms with van der Waals surface area (Å²) in [5.41, 5.74) is -3.55. The molecular weight excluding hydrogens is 396 g/mol. The van der Waals surface area contributed by atoms with Gasteiger partial charge in [0.2, 0.25) is 6.29 Å². The van der Waals surface area contributed by atoms with Crippen LogP contribution in [0.15, 0.2) is 11.8 Å². The lowest BCUT2D eigenvalue weighted by Gasteiger charge is -2.46. The third-order valence-electron chi connectivity index (χ3n) is 6.26. The molecule has 12 nitrogen and oxygen atoms in total. The van der Waals surface area contributed by atoms with E-state index in [2.05, 4.69) is 4.74 Å². The van der Waals surface area contributed by atoms with Gasteiger partial charge in [-0.15, -0.1) is 0 Å². The molecule has 0 aromatic rings. The lowest BCUT2D eigenvalue weighted by atomic mass is 9.77. The van der Waals surface area contributed by atoms with Gasteiger partial charge in [-0.1, -0.05) is 0 Å². The van der Waals surface area contributed by atoms with E-state index in [1.54, 1.807) is 6.92 Å². The highest BCUT2D eigenvalue weighted by molar-refractivity contribution is 5.91. The zero-order valence-corrected chi connectivity index (χ0v) is 15.6. The van der Waals surface area contributed by atoms with Gasteiger partial charge in [-0.25, -0.2) is 4.79 Å². The molecule has 11 atom stereocenters. The Bertz CT molecular complexity index is 711. The van der Waals surface area contributed by atoms with Crippen LogP contribution in [0.3, 0.4) is 0 Å². The first-order valence-corrected chi connectivity index (χ1v) is 9.09. The SMILES string of the molecule is COC(=O)C1=CO[C@@H](O[C@@H]2O[C@H](CO)[C@@H](O)[C@H](O)[C@H]2O)[C@@H]2C3(C)O[C@H]3[C@@H](O)[C@]12O. The van der Waals surface area contributed by atoms with E-state index in [4.69, 9.17) is 18.9 Å². The summed E-state index contributed by atoms with van der Waals surface area (Å²) in [7, 11) is 1.11. The Labute approximate surface area is 164 Å². The van der Waals surface area contributed by atoms with Gasteiger partial charge in [0.1, 0.15) is 59.7 Å². The number of rotatable bonds is 4. The van der Waals surface area contributed by atoms with Crippen molar-refractivity contribution in [1.82, 2.24) is 0 Å². The standard InChI is InChI=1S/C17H24O12/c1-16-10-15(28-14-9(21)8(20)7(19)6(3-18)27-14)26-4-5(13(23)25-2)17(10,24)11(22)12(16)29-16/h4,6-12,14-15,18-22,24H,3H2,1-2H3/t6-,7-,8+,9-,10-,11-,12+,14+,15+,16?,17+/m1/s1. The van der Waals surface area contributed by atoms with Crippen molar-refractivity contribution in [3.8, 4) is 0 Å². The van der Waals surface area contributed by atoms with Crippen LogP contribution in [0.4, 0.5) is 0 Å². The number of fused-ring (bicyclic) bond motifs is 3. The van der Waals surface area contributed by atoms with E-state index < -0.39 is 78.9 Å². The van der Waals surface area contributed by atoms with Crippen LogP contribution >= 0.6 is 0 Å². The Morgan fingerprint density at radius 3 is 2.48 bits per heavy atom. The molecule has 0 amide bonds. The van der Waals surface area contributed by atoms with Crippen molar-refractivity contribution in [3.63, 3.8) is 0 Å². The predicted molar refractivity (Wildman–Crippen MR) is 87.5 cm³/mol. The molecule has 0 spiro atoms. The first-order chi connectivity index (χ1) is 13.6. The highest BCUT2D eigenvalue weighted by Crippen LogP contribution is 2.63. The van der Waals surface area contributed by atoms with Gasteiger partial charge in [0, 0.05) is 0 Å². The van der Waals surface area contributed by atoms with Gasteiger partial charge in [0.25, 0.3) is 0 Å². The summed E-state index contributed by atoms with van der Waals surface area (Å²) in [6.45, 7) is 0.939. The molecule has 0 aromatic heterocycles. The fourth-order valence-electron chi connectivity index (χ4n) is 4.58. The minimum atomic E-state index is -2.12. The van der Waals surface area contributed by atoms with Gasteiger partial charge in [-0.3, -0.25) is 0 Å². The highest BCUT2D eigenvalue weighted by Gasteiger charge is 2.81. The minimum Gasteiger partial charge on any atom is -0.471 e. The quantitative estimate of drug-likeness (QED) is 0.192. The molecule has 4 rings (SSSR count). The maximum Gasteiger partial charge on any atom is 0.339 e. The normalized spacial score (nSPS) is 53.4. The van der Waals surface area contributed by atoms with Crippen molar-refractivity contribution in [1.29, 1.82) is 0 Å². The Kier molecular flexibility index (Phi) is 4.93. The second-order valence-corrected chi connectivity index (χ2v) is 7.83. The number of aliphatic hydroxyl groups excluding tert-OH is 5. The lowest BCUT2D eigenvalue weighted by molar-refractivity contribution is -0.350. The number of ether oxygens (including phenoxy) is 5. The molecule has 2 saturated heterocycles. The van der Waals surface area contributed by atoms with Crippen molar-refractivity contribution in [2.75, 3.05) is 13.7 Å². The van der Waals surface area contributed by atoms with E-state index in [1.165, 1.54) is 0 Å². The molecule has 1 saturated carbocycles. The van der Waals surface area contributed by atoms with Crippen molar-refractivity contribution in [2.45, 2.75) is 67.3 Å². The lowest BCUT2D eigenvalue weighted by Crippen LogP contribution is -2.63. The van der Waals surface area contributed by atoms with Crippen LogP contribution in [0.1, 0.15) is 6.92 Å². The molecule has 4 aliphatic rings. The number of aliphatic hydroxyl groups is 6. The predicted octanol–water partition coefficient (Wildman–Crippen LogP) is -3.90. The third-order valence-corrected chi connectivity index (χ3v) is 6.26. The second-order valence-electron chi connectivity index (χ2n) is 7.83. The minimum absolute atomic E-state index is 0.317. The number of epoxide rings is 1. The number of hydrogen-bond acceptors (Lipinski definition) is 12. The molecule has 1 aliphatic carbocycles. The van der Waals surface area contributed by atoms with E-state index in [0.717, 1.165) is 13.4 Å². The number of methoxy groups -OCH3 is 1. The van der Waals surface area contributed by atoms with E-state index in [9.17, 15) is 35.4 Å². The molecule has 6 N–H and O–H groups in total. The Hall–Kier alpha value is -1.35. The fourth-order valence-corrected chi connectivity index (χ4v) is 4.58. The van der Waals surface area contributed by atoms with Gasteiger partial charge < -0.3 is 54.3 Å². The molecular formula is C17H24O12. The molecule has 3 fully saturated rings. The van der Waals surface area contributed by atoms with Crippen LogP contribution in [-0.2, 0) is 28.5 Å². The summed E-state index contributed by atoms with van der Waals surface area (Å²) in [6.07, 6.45) is -10.5. The summed E-state index contributed by atoms with van der Waals surface area (Å²) in [6, 6.07) is 0. The third kappa shape index (κ3) is 2.76. The van der Waals surface area contributed by atoms with Crippen LogP contribution in [0.25, 0.3) is 0 Å². The van der Waals surface area contributed by atoms with Gasteiger partial charge in [-0.05, 0) is 6.92 Å². The highest BCUT2D eigenvalue weighted by atomic mass is 16.8. The molecule has 1 unspecified atom stereocenters. The molecule has 3 aliphatic heterocycles. The van der Waals surface area contributed by atoms with E-state index in [1.807, 2.05) is 0 Å². The Balaban J connectivity index is 1.64. The van der Waals surface area contributed by atoms with Crippen LogP contribution in [0, 0.1) is 5.92 Å². The van der Waals surface area contributed by atoms with Crippen molar-refractivity contribution < 1.29 is 59.1 Å². The zero-order chi connectivity index (χ0) is 21.3. The number of carbonyl (C=O) groups is 1. The van der Waals surface area contributed by atoms with Crippen LogP contribution in [0.5, 0.6) is 0 Å². The zero-order valence-electron chi connectivity index (χ0n) is 15.6. The number of carbonyl (C=O) groups excluding carboxylic acids is 1. The van der Waals surface area contributed by atoms with Gasteiger partial charge in [-0.2, -0.15) is 0 Å². The van der Waals surface area contributed by atoms with Crippen LogP contribution < -0.4 is 0 Å². The van der Waals surface area contributed by atoms with Gasteiger partial charge >= 0.3 is 5.97 Å². The first kappa shape index (κ1) is 20.9. The van der Waals surface area contributed by atoms with Crippen LogP contribution in [0.2, 0.25) is 0 Å².